The van der Waals surface area contributed by atoms with Crippen LogP contribution in [0.4, 0.5) is 5.69 Å². The summed E-state index contributed by atoms with van der Waals surface area (Å²) in [5.74, 6) is 1.01. The number of aliphatic imine (C=N–C) groups is 1. The molecule has 5 nitrogen and oxygen atoms in total. The summed E-state index contributed by atoms with van der Waals surface area (Å²) in [6.45, 7) is 2.43. The Hall–Kier alpha value is -2.54. The van der Waals surface area contributed by atoms with Crippen molar-refractivity contribution in [2.45, 2.75) is 6.92 Å². The Morgan fingerprint density at radius 1 is 1.24 bits per heavy atom. The molecule has 0 spiro atoms. The Kier molecular flexibility index (Phi) is 5.76. The lowest BCUT2D eigenvalue weighted by Gasteiger charge is -2.11. The number of aromatic nitrogens is 1. The van der Waals surface area contributed by atoms with E-state index < -0.39 is 0 Å². The third-order valence-corrected chi connectivity index (χ3v) is 5.74. The summed E-state index contributed by atoms with van der Waals surface area (Å²) in [4.78, 5) is 23.5. The van der Waals surface area contributed by atoms with Gasteiger partial charge in [-0.2, -0.15) is 0 Å². The maximum atomic E-state index is 12.8. The van der Waals surface area contributed by atoms with E-state index in [4.69, 9.17) is 27.6 Å². The van der Waals surface area contributed by atoms with Crippen molar-refractivity contribution in [3.63, 3.8) is 0 Å². The van der Waals surface area contributed by atoms with Gasteiger partial charge in [0, 0.05) is 29.4 Å². The number of hydrogen-bond acceptors (Lipinski definition) is 5. The molecule has 29 heavy (non-hydrogen) atoms. The maximum Gasteiger partial charge on any atom is 0.266 e. The quantitative estimate of drug-likeness (QED) is 0.445. The molecule has 1 fully saturated rings. The summed E-state index contributed by atoms with van der Waals surface area (Å²) in [5.41, 5.74) is 1.39. The fraction of sp³-hybridized carbons (Fsp3) is 0.0952. The molecule has 0 aliphatic carbocycles. The minimum atomic E-state index is -0.112. The first-order valence-corrected chi connectivity index (χ1v) is 10.4. The van der Waals surface area contributed by atoms with Gasteiger partial charge in [-0.25, -0.2) is 4.99 Å². The number of benzene rings is 1. The van der Waals surface area contributed by atoms with Gasteiger partial charge < -0.3 is 4.42 Å². The van der Waals surface area contributed by atoms with Crippen LogP contribution in [0.3, 0.4) is 0 Å². The van der Waals surface area contributed by atoms with Crippen LogP contribution < -0.4 is 0 Å². The Morgan fingerprint density at radius 3 is 2.86 bits per heavy atom. The molecule has 1 saturated heterocycles. The van der Waals surface area contributed by atoms with E-state index in [1.165, 1.54) is 11.8 Å². The topological polar surface area (TPSA) is 58.7 Å². The number of halogens is 2. The van der Waals surface area contributed by atoms with Crippen molar-refractivity contribution in [1.82, 2.24) is 9.88 Å². The summed E-state index contributed by atoms with van der Waals surface area (Å²) in [6, 6.07) is 12.4. The summed E-state index contributed by atoms with van der Waals surface area (Å²) in [5, 5.41) is 1.72. The summed E-state index contributed by atoms with van der Waals surface area (Å²) in [6.07, 6.45) is 5.05. The zero-order valence-corrected chi connectivity index (χ0v) is 17.6. The standard InChI is InChI=1S/C21H15Cl2N3O2S/c1-2-26-20(27)19(29-21(26)25-14-4-3-9-24-12-14)11-15-6-8-18(28-15)16-10-13(22)5-7-17(16)23/h3-12H,2H2,1H3/b19-11+,25-21?. The first-order chi connectivity index (χ1) is 14.0. The Labute approximate surface area is 182 Å². The third kappa shape index (κ3) is 4.24. The van der Waals surface area contributed by atoms with Gasteiger partial charge in [0.15, 0.2) is 5.17 Å². The summed E-state index contributed by atoms with van der Waals surface area (Å²) < 4.78 is 5.88. The van der Waals surface area contributed by atoms with Crippen LogP contribution in [0.25, 0.3) is 17.4 Å². The fourth-order valence-electron chi connectivity index (χ4n) is 2.79. The highest BCUT2D eigenvalue weighted by Crippen LogP contribution is 2.36. The van der Waals surface area contributed by atoms with Crippen LogP contribution in [0, 0.1) is 0 Å². The number of carbonyl (C=O) groups excluding carboxylic acids is 1. The van der Waals surface area contributed by atoms with E-state index in [-0.39, 0.29) is 5.91 Å². The summed E-state index contributed by atoms with van der Waals surface area (Å²) in [7, 11) is 0. The molecule has 3 aromatic rings. The van der Waals surface area contributed by atoms with Gasteiger partial charge in [0.05, 0.1) is 21.8 Å². The molecule has 3 heterocycles. The molecule has 0 bridgehead atoms. The molecule has 1 aliphatic rings. The Bertz CT molecular complexity index is 1130. The molecule has 0 radical (unpaired) electrons. The average molecular weight is 444 g/mol. The number of amides is 1. The SMILES string of the molecule is CCN1C(=O)/C(=C\c2ccc(-c3cc(Cl)ccc3Cl)o2)SC1=Nc1cccnc1. The zero-order valence-electron chi connectivity index (χ0n) is 15.3. The third-order valence-electron chi connectivity index (χ3n) is 4.17. The van der Waals surface area contributed by atoms with Crippen molar-refractivity contribution in [2.24, 2.45) is 4.99 Å². The lowest BCUT2D eigenvalue weighted by atomic mass is 10.2. The molecular formula is C21H15Cl2N3O2S. The lowest BCUT2D eigenvalue weighted by Crippen LogP contribution is -2.28. The van der Waals surface area contributed by atoms with E-state index in [0.29, 0.717) is 49.4 Å². The van der Waals surface area contributed by atoms with Crippen LogP contribution in [0.2, 0.25) is 10.0 Å². The van der Waals surface area contributed by atoms with Gasteiger partial charge in [0.1, 0.15) is 11.5 Å². The molecule has 2 aromatic heterocycles. The average Bonchev–Trinajstić information content (AvgIpc) is 3.29. The van der Waals surface area contributed by atoms with Crippen molar-refractivity contribution in [1.29, 1.82) is 0 Å². The molecule has 146 valence electrons. The number of furan rings is 1. The van der Waals surface area contributed by atoms with Gasteiger partial charge in [-0.15, -0.1) is 0 Å². The lowest BCUT2D eigenvalue weighted by molar-refractivity contribution is -0.122. The second-order valence-corrected chi connectivity index (χ2v) is 7.94. The van der Waals surface area contributed by atoms with Crippen LogP contribution in [-0.4, -0.2) is 27.5 Å². The Balaban J connectivity index is 1.63. The number of likely N-dealkylation sites (N-methyl/N-ethyl adjacent to an activating group) is 1. The maximum absolute atomic E-state index is 12.8. The molecule has 1 aromatic carbocycles. The van der Waals surface area contributed by atoms with E-state index in [9.17, 15) is 4.79 Å². The van der Waals surface area contributed by atoms with E-state index in [0.717, 1.165) is 0 Å². The van der Waals surface area contributed by atoms with Gasteiger partial charge in [0.25, 0.3) is 5.91 Å². The highest BCUT2D eigenvalue weighted by Gasteiger charge is 2.32. The normalized spacial score (nSPS) is 16.9. The number of pyridine rings is 1. The monoisotopic (exact) mass is 443 g/mol. The van der Waals surface area contributed by atoms with Gasteiger partial charge in [0.2, 0.25) is 0 Å². The van der Waals surface area contributed by atoms with Crippen molar-refractivity contribution in [2.75, 3.05) is 6.54 Å². The molecule has 0 saturated carbocycles. The first kappa shape index (κ1) is 19.8. The van der Waals surface area contributed by atoms with Gasteiger partial charge in [-0.3, -0.25) is 14.7 Å². The molecule has 8 heteroatoms. The zero-order chi connectivity index (χ0) is 20.4. The van der Waals surface area contributed by atoms with E-state index in [1.807, 2.05) is 13.0 Å². The highest BCUT2D eigenvalue weighted by molar-refractivity contribution is 8.18. The first-order valence-electron chi connectivity index (χ1n) is 8.80. The molecule has 1 amide bonds. The minimum absolute atomic E-state index is 0.112. The number of nitrogens with zero attached hydrogens (tertiary/aromatic N) is 3. The molecular weight excluding hydrogens is 429 g/mol. The van der Waals surface area contributed by atoms with Crippen LogP contribution in [0.15, 0.2) is 69.2 Å². The van der Waals surface area contributed by atoms with Crippen LogP contribution in [0.1, 0.15) is 12.7 Å². The van der Waals surface area contributed by atoms with Crippen LogP contribution >= 0.6 is 35.0 Å². The van der Waals surface area contributed by atoms with Crippen molar-refractivity contribution in [3.8, 4) is 11.3 Å². The summed E-state index contributed by atoms with van der Waals surface area (Å²) >= 11 is 13.6. The van der Waals surface area contributed by atoms with E-state index in [2.05, 4.69) is 9.98 Å². The molecule has 0 unspecified atom stereocenters. The van der Waals surface area contributed by atoms with Crippen LogP contribution in [0.5, 0.6) is 0 Å². The van der Waals surface area contributed by atoms with Crippen molar-refractivity contribution >= 4 is 57.8 Å². The van der Waals surface area contributed by atoms with Crippen molar-refractivity contribution in [3.05, 3.63) is 75.6 Å². The predicted molar refractivity (Wildman–Crippen MR) is 118 cm³/mol. The van der Waals surface area contributed by atoms with Gasteiger partial charge >= 0.3 is 0 Å². The van der Waals surface area contributed by atoms with Gasteiger partial charge in [-0.05, 0) is 61.2 Å². The number of hydrogen-bond donors (Lipinski definition) is 0. The van der Waals surface area contributed by atoms with Gasteiger partial charge in [-0.1, -0.05) is 23.2 Å². The molecule has 4 rings (SSSR count). The smallest absolute Gasteiger partial charge is 0.266 e. The Morgan fingerprint density at radius 2 is 2.10 bits per heavy atom. The highest BCUT2D eigenvalue weighted by atomic mass is 35.5. The molecule has 1 aliphatic heterocycles. The molecule has 0 atom stereocenters. The number of rotatable bonds is 4. The predicted octanol–water partition coefficient (Wildman–Crippen LogP) is 6.27. The van der Waals surface area contributed by atoms with Crippen LogP contribution in [-0.2, 0) is 4.79 Å². The second kappa shape index (κ2) is 8.45. The fourth-order valence-corrected chi connectivity index (χ4v) is 4.22. The van der Waals surface area contributed by atoms with E-state index in [1.54, 1.807) is 59.8 Å². The molecule has 0 N–H and O–H groups in total. The second-order valence-electron chi connectivity index (χ2n) is 6.09. The number of amidine groups is 1. The minimum Gasteiger partial charge on any atom is -0.457 e. The van der Waals surface area contributed by atoms with E-state index >= 15 is 0 Å². The van der Waals surface area contributed by atoms with Crippen molar-refractivity contribution < 1.29 is 9.21 Å². The number of carbonyl (C=O) groups is 1. The number of thioether (sulfide) groups is 1. The largest absolute Gasteiger partial charge is 0.457 e.